The summed E-state index contributed by atoms with van der Waals surface area (Å²) in [5, 5.41) is 0. The highest BCUT2D eigenvalue weighted by Gasteiger charge is 2.37. The Hall–Kier alpha value is -0.0400. The molecule has 2 rings (SSSR count). The molecule has 0 bridgehead atoms. The van der Waals surface area contributed by atoms with Crippen molar-refractivity contribution in [2.45, 2.75) is 52.5 Å². The Morgan fingerprint density at radius 3 is 2.08 bits per heavy atom. The van der Waals surface area contributed by atoms with Crippen molar-refractivity contribution in [2.24, 2.45) is 11.3 Å². The van der Waals surface area contributed by atoms with Gasteiger partial charge in [-0.05, 0) is 50.1 Å². The normalized spacial score (nSPS) is 29.5. The van der Waals surface area contributed by atoms with Gasteiger partial charge < -0.3 is 4.90 Å². The third-order valence-corrected chi connectivity index (χ3v) is 4.40. The van der Waals surface area contributed by atoms with Crippen LogP contribution in [0.1, 0.15) is 46.5 Å². The van der Waals surface area contributed by atoms with Gasteiger partial charge in [0.1, 0.15) is 0 Å². The zero-order chi connectivity index (χ0) is 9.47. The van der Waals surface area contributed by atoms with Crippen molar-refractivity contribution < 1.29 is 0 Å². The molecule has 0 aromatic rings. The van der Waals surface area contributed by atoms with Crippen molar-refractivity contribution in [3.63, 3.8) is 0 Å². The van der Waals surface area contributed by atoms with Gasteiger partial charge in [-0.1, -0.05) is 20.8 Å². The number of likely N-dealkylation sites (tertiary alicyclic amines) is 1. The molecule has 2 fully saturated rings. The second kappa shape index (κ2) is 3.27. The van der Waals surface area contributed by atoms with Crippen LogP contribution in [0.25, 0.3) is 0 Å². The van der Waals surface area contributed by atoms with E-state index in [0.29, 0.717) is 5.41 Å². The molecule has 1 nitrogen and oxygen atoms in total. The molecule has 2 aliphatic rings. The van der Waals surface area contributed by atoms with Gasteiger partial charge in [-0.15, -0.1) is 0 Å². The smallest absolute Gasteiger partial charge is 0.00964 e. The molecule has 1 heterocycles. The molecule has 0 spiro atoms. The lowest BCUT2D eigenvalue weighted by molar-refractivity contribution is 0.0740. The van der Waals surface area contributed by atoms with Crippen molar-refractivity contribution in [3.05, 3.63) is 0 Å². The average Bonchev–Trinajstić information content (AvgIpc) is 2.88. The van der Waals surface area contributed by atoms with Crippen molar-refractivity contribution in [3.8, 4) is 0 Å². The second-order valence-electron chi connectivity index (χ2n) is 5.58. The predicted octanol–water partition coefficient (Wildman–Crippen LogP) is 2.91. The van der Waals surface area contributed by atoms with Crippen LogP contribution in [-0.2, 0) is 0 Å². The third-order valence-electron chi connectivity index (χ3n) is 4.40. The first-order valence-electron chi connectivity index (χ1n) is 5.86. The summed E-state index contributed by atoms with van der Waals surface area (Å²) in [6.45, 7) is 9.96. The van der Waals surface area contributed by atoms with Crippen LogP contribution in [0, 0.1) is 11.3 Å². The number of hydrogen-bond acceptors (Lipinski definition) is 1. The lowest BCUT2D eigenvalue weighted by Gasteiger charge is -2.42. The average molecular weight is 181 g/mol. The quantitative estimate of drug-likeness (QED) is 0.633. The van der Waals surface area contributed by atoms with Gasteiger partial charge in [-0.3, -0.25) is 0 Å². The van der Waals surface area contributed by atoms with Crippen LogP contribution in [0.5, 0.6) is 0 Å². The van der Waals surface area contributed by atoms with Crippen molar-refractivity contribution in [1.82, 2.24) is 4.90 Å². The maximum absolute atomic E-state index is 2.71. The monoisotopic (exact) mass is 181 g/mol. The van der Waals surface area contributed by atoms with E-state index in [-0.39, 0.29) is 0 Å². The van der Waals surface area contributed by atoms with E-state index in [1.807, 2.05) is 0 Å². The van der Waals surface area contributed by atoms with Crippen molar-refractivity contribution >= 4 is 0 Å². The standard InChI is InChI=1S/C12H23N/c1-10(2)12(3)6-8-13(9-7-12)11-4-5-11/h10-11H,4-9H2,1-3H3. The van der Waals surface area contributed by atoms with Gasteiger partial charge in [0.05, 0.1) is 0 Å². The maximum atomic E-state index is 2.71. The molecule has 1 heteroatoms. The topological polar surface area (TPSA) is 3.24 Å². The summed E-state index contributed by atoms with van der Waals surface area (Å²) in [5.41, 5.74) is 0.630. The Labute approximate surface area is 82.5 Å². The highest BCUT2D eigenvalue weighted by Crippen LogP contribution is 2.40. The summed E-state index contributed by atoms with van der Waals surface area (Å²) in [5.74, 6) is 0.855. The number of hydrogen-bond donors (Lipinski definition) is 0. The Morgan fingerprint density at radius 1 is 1.15 bits per heavy atom. The molecule has 1 saturated heterocycles. The first-order chi connectivity index (χ1) is 6.12. The summed E-state index contributed by atoms with van der Waals surface area (Å²) < 4.78 is 0. The molecule has 0 unspecified atom stereocenters. The molecule has 13 heavy (non-hydrogen) atoms. The minimum Gasteiger partial charge on any atom is -0.300 e. The SMILES string of the molecule is CC(C)C1(C)CCN(C2CC2)CC1. The minimum atomic E-state index is 0.630. The highest BCUT2D eigenvalue weighted by molar-refractivity contribution is 4.91. The van der Waals surface area contributed by atoms with Crippen LogP contribution in [0.15, 0.2) is 0 Å². The van der Waals surface area contributed by atoms with E-state index in [0.717, 1.165) is 12.0 Å². The van der Waals surface area contributed by atoms with Gasteiger partial charge in [-0.25, -0.2) is 0 Å². The zero-order valence-corrected chi connectivity index (χ0v) is 9.34. The van der Waals surface area contributed by atoms with Gasteiger partial charge in [-0.2, -0.15) is 0 Å². The van der Waals surface area contributed by atoms with E-state index in [9.17, 15) is 0 Å². The number of piperidine rings is 1. The zero-order valence-electron chi connectivity index (χ0n) is 9.34. The van der Waals surface area contributed by atoms with Gasteiger partial charge in [0.25, 0.3) is 0 Å². The summed E-state index contributed by atoms with van der Waals surface area (Å²) in [6, 6.07) is 0.983. The molecular formula is C12H23N. The molecule has 0 aromatic carbocycles. The van der Waals surface area contributed by atoms with Gasteiger partial charge in [0.15, 0.2) is 0 Å². The Balaban J connectivity index is 1.87. The molecule has 0 amide bonds. The molecule has 1 aliphatic carbocycles. The van der Waals surface area contributed by atoms with Gasteiger partial charge >= 0.3 is 0 Å². The van der Waals surface area contributed by atoms with Crippen LogP contribution in [0.3, 0.4) is 0 Å². The molecular weight excluding hydrogens is 158 g/mol. The summed E-state index contributed by atoms with van der Waals surface area (Å²) >= 11 is 0. The van der Waals surface area contributed by atoms with Crippen molar-refractivity contribution in [1.29, 1.82) is 0 Å². The van der Waals surface area contributed by atoms with Crippen LogP contribution >= 0.6 is 0 Å². The van der Waals surface area contributed by atoms with E-state index < -0.39 is 0 Å². The Bertz CT molecular complexity index is 174. The van der Waals surface area contributed by atoms with Gasteiger partial charge in [0.2, 0.25) is 0 Å². The van der Waals surface area contributed by atoms with E-state index in [2.05, 4.69) is 25.7 Å². The lowest BCUT2D eigenvalue weighted by atomic mass is 9.72. The fourth-order valence-corrected chi connectivity index (χ4v) is 2.42. The number of rotatable bonds is 2. The molecule has 0 radical (unpaired) electrons. The first-order valence-corrected chi connectivity index (χ1v) is 5.86. The molecule has 0 atom stereocenters. The Morgan fingerprint density at radius 2 is 1.69 bits per heavy atom. The minimum absolute atomic E-state index is 0.630. The maximum Gasteiger partial charge on any atom is 0.00964 e. The molecule has 0 aromatic heterocycles. The van der Waals surface area contributed by atoms with Crippen LogP contribution in [-0.4, -0.2) is 24.0 Å². The van der Waals surface area contributed by atoms with Crippen LogP contribution in [0.2, 0.25) is 0 Å². The fourth-order valence-electron chi connectivity index (χ4n) is 2.42. The van der Waals surface area contributed by atoms with E-state index in [1.54, 1.807) is 0 Å². The molecule has 1 aliphatic heterocycles. The highest BCUT2D eigenvalue weighted by atomic mass is 15.2. The van der Waals surface area contributed by atoms with Crippen LogP contribution in [0.4, 0.5) is 0 Å². The lowest BCUT2D eigenvalue weighted by Crippen LogP contribution is -2.42. The molecule has 0 N–H and O–H groups in total. The predicted molar refractivity (Wildman–Crippen MR) is 56.8 cm³/mol. The Kier molecular flexibility index (Phi) is 2.39. The fraction of sp³-hybridized carbons (Fsp3) is 1.00. The number of nitrogens with zero attached hydrogens (tertiary/aromatic N) is 1. The second-order valence-corrected chi connectivity index (χ2v) is 5.58. The first kappa shape index (κ1) is 9.51. The van der Waals surface area contributed by atoms with E-state index in [1.165, 1.54) is 38.8 Å². The molecule has 76 valence electrons. The summed E-state index contributed by atoms with van der Waals surface area (Å²) in [6.07, 6.45) is 5.78. The summed E-state index contributed by atoms with van der Waals surface area (Å²) in [4.78, 5) is 2.71. The summed E-state index contributed by atoms with van der Waals surface area (Å²) in [7, 11) is 0. The largest absolute Gasteiger partial charge is 0.300 e. The van der Waals surface area contributed by atoms with E-state index in [4.69, 9.17) is 0 Å². The molecule has 1 saturated carbocycles. The third kappa shape index (κ3) is 1.90. The van der Waals surface area contributed by atoms with Crippen LogP contribution < -0.4 is 0 Å². The van der Waals surface area contributed by atoms with Gasteiger partial charge in [0, 0.05) is 6.04 Å². The van der Waals surface area contributed by atoms with Crippen molar-refractivity contribution in [2.75, 3.05) is 13.1 Å². The van der Waals surface area contributed by atoms with E-state index >= 15 is 0 Å².